The minimum absolute atomic E-state index is 0.207. The molecule has 1 amide bonds. The first kappa shape index (κ1) is 9.00. The van der Waals surface area contributed by atoms with E-state index < -0.39 is 0 Å². The van der Waals surface area contributed by atoms with E-state index in [0.29, 0.717) is 12.5 Å². The van der Waals surface area contributed by atoms with Crippen LogP contribution in [0.3, 0.4) is 0 Å². The number of nitrogens with zero attached hydrogens (tertiary/aromatic N) is 1. The Balaban J connectivity index is 1.90. The van der Waals surface area contributed by atoms with E-state index in [4.69, 9.17) is 0 Å². The molecule has 1 unspecified atom stereocenters. The fourth-order valence-electron chi connectivity index (χ4n) is 2.44. The number of nitrogens with one attached hydrogen (secondary N) is 1. The summed E-state index contributed by atoms with van der Waals surface area (Å²) in [6.45, 7) is 5.47. The lowest BCUT2D eigenvalue weighted by atomic mass is 9.84. The van der Waals surface area contributed by atoms with Gasteiger partial charge in [0.05, 0.1) is 0 Å². The minimum atomic E-state index is 0.207. The first-order chi connectivity index (χ1) is 6.29. The molecule has 3 heteroatoms. The zero-order chi connectivity index (χ0) is 9.26. The zero-order valence-electron chi connectivity index (χ0n) is 8.25. The van der Waals surface area contributed by atoms with Crippen LogP contribution in [0.4, 0.5) is 0 Å². The molecule has 0 aromatic rings. The Hall–Kier alpha value is -0.570. The van der Waals surface area contributed by atoms with Crippen molar-refractivity contribution >= 4 is 5.91 Å². The van der Waals surface area contributed by atoms with Gasteiger partial charge >= 0.3 is 0 Å². The van der Waals surface area contributed by atoms with Crippen molar-refractivity contribution in [2.75, 3.05) is 19.6 Å². The summed E-state index contributed by atoms with van der Waals surface area (Å²) in [4.78, 5) is 13.7. The highest BCUT2D eigenvalue weighted by Gasteiger charge is 2.34. The van der Waals surface area contributed by atoms with Crippen molar-refractivity contribution in [2.24, 2.45) is 5.92 Å². The molecular formula is C10H18N2O. The Morgan fingerprint density at radius 2 is 2.15 bits per heavy atom. The molecular weight excluding hydrogens is 164 g/mol. The van der Waals surface area contributed by atoms with E-state index in [1.165, 1.54) is 25.9 Å². The van der Waals surface area contributed by atoms with Crippen molar-refractivity contribution in [1.29, 1.82) is 0 Å². The second-order valence-electron chi connectivity index (χ2n) is 4.17. The maximum absolute atomic E-state index is 11.2. The molecule has 0 radical (unpaired) electrons. The molecule has 0 aromatic heterocycles. The van der Waals surface area contributed by atoms with E-state index in [1.807, 2.05) is 6.92 Å². The van der Waals surface area contributed by atoms with E-state index in [2.05, 4.69) is 10.2 Å². The van der Waals surface area contributed by atoms with E-state index in [9.17, 15) is 4.79 Å². The van der Waals surface area contributed by atoms with Crippen molar-refractivity contribution in [3.05, 3.63) is 0 Å². The summed E-state index contributed by atoms with van der Waals surface area (Å²) in [5, 5.41) is 3.12. The van der Waals surface area contributed by atoms with Crippen molar-refractivity contribution in [3.8, 4) is 0 Å². The molecule has 2 bridgehead atoms. The van der Waals surface area contributed by atoms with Crippen molar-refractivity contribution in [3.63, 3.8) is 0 Å². The molecule has 0 aromatic carbocycles. The third-order valence-electron chi connectivity index (χ3n) is 3.32. The SMILES string of the molecule is CCC(=O)NC1CN2CCC1CC2. The predicted molar refractivity (Wildman–Crippen MR) is 51.4 cm³/mol. The van der Waals surface area contributed by atoms with Crippen LogP contribution in [0.2, 0.25) is 0 Å². The summed E-state index contributed by atoms with van der Waals surface area (Å²) in [6, 6.07) is 0.440. The summed E-state index contributed by atoms with van der Waals surface area (Å²) in [5.41, 5.74) is 0. The molecule has 3 rings (SSSR count). The quantitative estimate of drug-likeness (QED) is 0.678. The van der Waals surface area contributed by atoms with Crippen LogP contribution in [0.5, 0.6) is 0 Å². The summed E-state index contributed by atoms with van der Waals surface area (Å²) in [5.74, 6) is 0.958. The molecule has 3 heterocycles. The highest BCUT2D eigenvalue weighted by atomic mass is 16.1. The van der Waals surface area contributed by atoms with Crippen LogP contribution in [0.15, 0.2) is 0 Å². The van der Waals surface area contributed by atoms with Gasteiger partial charge in [-0.05, 0) is 31.8 Å². The molecule has 3 nitrogen and oxygen atoms in total. The number of piperidine rings is 3. The topological polar surface area (TPSA) is 32.3 Å². The third kappa shape index (κ3) is 1.85. The van der Waals surface area contributed by atoms with E-state index in [1.54, 1.807) is 0 Å². The lowest BCUT2D eigenvalue weighted by Gasteiger charge is -2.44. The van der Waals surface area contributed by atoms with Gasteiger partial charge in [0, 0.05) is 19.0 Å². The monoisotopic (exact) mass is 182 g/mol. The van der Waals surface area contributed by atoms with Gasteiger partial charge in [0.1, 0.15) is 0 Å². The molecule has 3 aliphatic heterocycles. The average molecular weight is 182 g/mol. The molecule has 0 saturated carbocycles. The Labute approximate surface area is 79.5 Å². The smallest absolute Gasteiger partial charge is 0.219 e. The summed E-state index contributed by atoms with van der Waals surface area (Å²) < 4.78 is 0. The number of fused-ring (bicyclic) bond motifs is 3. The van der Waals surface area contributed by atoms with Crippen LogP contribution in [0, 0.1) is 5.92 Å². The predicted octanol–water partition coefficient (Wildman–Crippen LogP) is 0.607. The molecule has 1 atom stereocenters. The third-order valence-corrected chi connectivity index (χ3v) is 3.32. The van der Waals surface area contributed by atoms with Gasteiger partial charge in [-0.2, -0.15) is 0 Å². The van der Waals surface area contributed by atoms with Gasteiger partial charge in [0.25, 0.3) is 0 Å². The second kappa shape index (κ2) is 3.66. The molecule has 0 spiro atoms. The standard InChI is InChI=1S/C10H18N2O/c1-2-10(13)11-9-7-12-5-3-8(9)4-6-12/h8-9H,2-7H2,1H3,(H,11,13). The largest absolute Gasteiger partial charge is 0.352 e. The number of hydrogen-bond acceptors (Lipinski definition) is 2. The summed E-state index contributed by atoms with van der Waals surface area (Å²) in [6.07, 6.45) is 3.16. The van der Waals surface area contributed by atoms with Crippen LogP contribution in [0.1, 0.15) is 26.2 Å². The first-order valence-corrected chi connectivity index (χ1v) is 5.31. The van der Waals surface area contributed by atoms with Gasteiger partial charge in [-0.15, -0.1) is 0 Å². The average Bonchev–Trinajstić information content (AvgIpc) is 2.19. The number of carbonyl (C=O) groups is 1. The fraction of sp³-hybridized carbons (Fsp3) is 0.900. The fourth-order valence-corrected chi connectivity index (χ4v) is 2.44. The number of carbonyl (C=O) groups excluding carboxylic acids is 1. The molecule has 0 aliphatic carbocycles. The first-order valence-electron chi connectivity index (χ1n) is 5.31. The molecule has 74 valence electrons. The Morgan fingerprint density at radius 3 is 2.62 bits per heavy atom. The maximum Gasteiger partial charge on any atom is 0.219 e. The van der Waals surface area contributed by atoms with Crippen molar-refractivity contribution in [2.45, 2.75) is 32.2 Å². The van der Waals surface area contributed by atoms with Crippen LogP contribution in [-0.4, -0.2) is 36.5 Å². The minimum Gasteiger partial charge on any atom is -0.352 e. The van der Waals surface area contributed by atoms with Gasteiger partial charge in [-0.25, -0.2) is 0 Å². The van der Waals surface area contributed by atoms with Gasteiger partial charge < -0.3 is 10.2 Å². The Bertz CT molecular complexity index is 197. The van der Waals surface area contributed by atoms with Crippen molar-refractivity contribution in [1.82, 2.24) is 10.2 Å². The lowest BCUT2D eigenvalue weighted by Crippen LogP contribution is -2.57. The van der Waals surface area contributed by atoms with Crippen LogP contribution < -0.4 is 5.32 Å². The highest BCUT2D eigenvalue weighted by molar-refractivity contribution is 5.75. The van der Waals surface area contributed by atoms with Gasteiger partial charge in [0.2, 0.25) is 5.91 Å². The molecule has 3 aliphatic rings. The molecule has 13 heavy (non-hydrogen) atoms. The van der Waals surface area contributed by atoms with Crippen LogP contribution in [-0.2, 0) is 4.79 Å². The lowest BCUT2D eigenvalue weighted by molar-refractivity contribution is -0.122. The molecule has 1 N–H and O–H groups in total. The van der Waals surface area contributed by atoms with E-state index in [-0.39, 0.29) is 5.91 Å². The number of hydrogen-bond donors (Lipinski definition) is 1. The maximum atomic E-state index is 11.2. The Kier molecular flexibility index (Phi) is 2.54. The molecule has 3 fully saturated rings. The highest BCUT2D eigenvalue weighted by Crippen LogP contribution is 2.27. The second-order valence-corrected chi connectivity index (χ2v) is 4.17. The van der Waals surface area contributed by atoms with E-state index in [0.717, 1.165) is 12.5 Å². The van der Waals surface area contributed by atoms with E-state index >= 15 is 0 Å². The number of rotatable bonds is 2. The summed E-state index contributed by atoms with van der Waals surface area (Å²) >= 11 is 0. The summed E-state index contributed by atoms with van der Waals surface area (Å²) in [7, 11) is 0. The van der Waals surface area contributed by atoms with Gasteiger partial charge in [0.15, 0.2) is 0 Å². The van der Waals surface area contributed by atoms with Crippen molar-refractivity contribution < 1.29 is 4.79 Å². The normalized spacial score (nSPS) is 37.5. The van der Waals surface area contributed by atoms with Crippen LogP contribution >= 0.6 is 0 Å². The van der Waals surface area contributed by atoms with Gasteiger partial charge in [-0.3, -0.25) is 4.79 Å². The zero-order valence-corrected chi connectivity index (χ0v) is 8.25. The Morgan fingerprint density at radius 1 is 1.46 bits per heavy atom. The number of amides is 1. The molecule has 3 saturated heterocycles. The van der Waals surface area contributed by atoms with Gasteiger partial charge in [-0.1, -0.05) is 6.92 Å². The van der Waals surface area contributed by atoms with Crippen LogP contribution in [0.25, 0.3) is 0 Å².